The fourth-order valence-corrected chi connectivity index (χ4v) is 3.67. The summed E-state index contributed by atoms with van der Waals surface area (Å²) in [6, 6.07) is 2.47. The van der Waals surface area contributed by atoms with Gasteiger partial charge in [0, 0.05) is 6.04 Å². The molecule has 3 unspecified atom stereocenters. The van der Waals surface area contributed by atoms with Gasteiger partial charge in [0.05, 0.1) is 5.54 Å². The van der Waals surface area contributed by atoms with E-state index in [0.717, 1.165) is 6.42 Å². The maximum Gasteiger partial charge on any atom is 0.244 e. The van der Waals surface area contributed by atoms with Crippen molar-refractivity contribution in [2.45, 2.75) is 57.8 Å². The van der Waals surface area contributed by atoms with E-state index in [9.17, 15) is 4.79 Å². The predicted octanol–water partition coefficient (Wildman–Crippen LogP) is 3.15. The number of carbonyl (C=O) groups is 1. The first kappa shape index (κ1) is 13.1. The van der Waals surface area contributed by atoms with E-state index in [1.807, 2.05) is 6.92 Å². The maximum absolute atomic E-state index is 12.8. The average Bonchev–Trinajstić information content (AvgIpc) is 3.05. The molecule has 19 heavy (non-hydrogen) atoms. The van der Waals surface area contributed by atoms with E-state index in [1.54, 1.807) is 11.3 Å². The zero-order chi connectivity index (χ0) is 13.6. The Bertz CT molecular complexity index is 468. The summed E-state index contributed by atoms with van der Waals surface area (Å²) in [6.07, 6.45) is 3.42. The Morgan fingerprint density at radius 1 is 1.58 bits per heavy atom. The van der Waals surface area contributed by atoms with Crippen molar-refractivity contribution < 1.29 is 4.79 Å². The molecular formula is C15H22N2OS. The topological polar surface area (TPSA) is 32.3 Å². The second kappa shape index (κ2) is 4.60. The van der Waals surface area contributed by atoms with Crippen LogP contribution in [0.5, 0.6) is 0 Å². The van der Waals surface area contributed by atoms with Crippen molar-refractivity contribution in [3.05, 3.63) is 22.4 Å². The normalized spacial score (nSPS) is 32.9. The largest absolute Gasteiger partial charge is 0.318 e. The monoisotopic (exact) mass is 278 g/mol. The van der Waals surface area contributed by atoms with Crippen LogP contribution < -0.4 is 5.32 Å². The third kappa shape index (κ3) is 2.11. The number of nitrogens with zero attached hydrogens (tertiary/aromatic N) is 1. The molecule has 1 N–H and O–H groups in total. The van der Waals surface area contributed by atoms with Crippen LogP contribution in [-0.4, -0.2) is 22.4 Å². The summed E-state index contributed by atoms with van der Waals surface area (Å²) in [5, 5.41) is 7.80. The first-order valence-electron chi connectivity index (χ1n) is 7.19. The van der Waals surface area contributed by atoms with Crippen LogP contribution in [0.1, 0.15) is 51.8 Å². The standard InChI is InChI=1S/C15H22N2OS/c1-4-15(3)14(18)17(10(2)11-5-6-11)13(16-15)12-7-8-19-9-12/h7-11,13,16H,4-6H2,1-3H3. The van der Waals surface area contributed by atoms with Crippen LogP contribution in [0, 0.1) is 5.92 Å². The molecule has 2 aliphatic rings. The lowest BCUT2D eigenvalue weighted by molar-refractivity contribution is -0.135. The number of rotatable bonds is 4. The predicted molar refractivity (Wildman–Crippen MR) is 77.9 cm³/mol. The van der Waals surface area contributed by atoms with Gasteiger partial charge in [-0.25, -0.2) is 0 Å². The summed E-state index contributed by atoms with van der Waals surface area (Å²) in [4.78, 5) is 14.9. The molecule has 1 saturated heterocycles. The zero-order valence-corrected chi connectivity index (χ0v) is 12.7. The first-order chi connectivity index (χ1) is 9.07. The van der Waals surface area contributed by atoms with Crippen molar-refractivity contribution in [3.63, 3.8) is 0 Å². The summed E-state index contributed by atoms with van der Waals surface area (Å²) >= 11 is 1.70. The number of nitrogens with one attached hydrogen (secondary N) is 1. The summed E-state index contributed by atoms with van der Waals surface area (Å²) in [5.74, 6) is 0.969. The molecule has 1 amide bonds. The van der Waals surface area contributed by atoms with Crippen molar-refractivity contribution in [2.75, 3.05) is 0 Å². The van der Waals surface area contributed by atoms with Gasteiger partial charge >= 0.3 is 0 Å². The lowest BCUT2D eigenvalue weighted by atomic mass is 9.99. The highest BCUT2D eigenvalue weighted by Gasteiger charge is 2.51. The van der Waals surface area contributed by atoms with Gasteiger partial charge in [-0.05, 0) is 61.4 Å². The molecule has 0 radical (unpaired) electrons. The molecule has 104 valence electrons. The molecule has 1 saturated carbocycles. The third-order valence-electron chi connectivity index (χ3n) is 4.75. The van der Waals surface area contributed by atoms with Crippen molar-refractivity contribution in [2.24, 2.45) is 5.92 Å². The van der Waals surface area contributed by atoms with E-state index in [2.05, 4.69) is 40.9 Å². The molecule has 2 fully saturated rings. The third-order valence-corrected chi connectivity index (χ3v) is 5.45. The summed E-state index contributed by atoms with van der Waals surface area (Å²) in [6.45, 7) is 6.33. The number of carbonyl (C=O) groups excluding carboxylic acids is 1. The molecule has 1 aromatic heterocycles. The fraction of sp³-hybridized carbons (Fsp3) is 0.667. The maximum atomic E-state index is 12.8. The molecule has 1 aliphatic carbocycles. The second-order valence-electron chi connectivity index (χ2n) is 6.08. The van der Waals surface area contributed by atoms with Crippen LogP contribution in [0.2, 0.25) is 0 Å². The van der Waals surface area contributed by atoms with E-state index in [0.29, 0.717) is 12.0 Å². The number of thiophene rings is 1. The molecule has 0 aromatic carbocycles. The van der Waals surface area contributed by atoms with Crippen LogP contribution in [0.3, 0.4) is 0 Å². The lowest BCUT2D eigenvalue weighted by Gasteiger charge is -2.30. The Labute approximate surface area is 119 Å². The van der Waals surface area contributed by atoms with Crippen molar-refractivity contribution in [1.29, 1.82) is 0 Å². The summed E-state index contributed by atoms with van der Waals surface area (Å²) in [7, 11) is 0. The average molecular weight is 278 g/mol. The quantitative estimate of drug-likeness (QED) is 0.917. The molecule has 3 atom stereocenters. The van der Waals surface area contributed by atoms with Crippen LogP contribution in [0.25, 0.3) is 0 Å². The SMILES string of the molecule is CCC1(C)NC(c2ccsc2)N(C(C)C2CC2)C1=O. The Balaban J connectivity index is 1.93. The van der Waals surface area contributed by atoms with Crippen molar-refractivity contribution >= 4 is 17.2 Å². The molecule has 0 spiro atoms. The minimum Gasteiger partial charge on any atom is -0.318 e. The van der Waals surface area contributed by atoms with Crippen LogP contribution >= 0.6 is 11.3 Å². The highest BCUT2D eigenvalue weighted by atomic mass is 32.1. The second-order valence-corrected chi connectivity index (χ2v) is 6.86. The highest BCUT2D eigenvalue weighted by molar-refractivity contribution is 7.07. The number of hydrogen-bond acceptors (Lipinski definition) is 3. The Morgan fingerprint density at radius 3 is 2.84 bits per heavy atom. The minimum absolute atomic E-state index is 0.0549. The smallest absolute Gasteiger partial charge is 0.244 e. The molecular weight excluding hydrogens is 256 g/mol. The van der Waals surface area contributed by atoms with E-state index in [1.165, 1.54) is 18.4 Å². The van der Waals surface area contributed by atoms with Gasteiger partial charge in [0.2, 0.25) is 5.91 Å². The summed E-state index contributed by atoms with van der Waals surface area (Å²) in [5.41, 5.74) is 0.818. The molecule has 2 heterocycles. The molecule has 3 rings (SSSR count). The molecule has 0 bridgehead atoms. The van der Waals surface area contributed by atoms with Gasteiger partial charge in [0.1, 0.15) is 6.17 Å². The van der Waals surface area contributed by atoms with E-state index in [4.69, 9.17) is 0 Å². The van der Waals surface area contributed by atoms with Gasteiger partial charge in [0.25, 0.3) is 0 Å². The minimum atomic E-state index is -0.407. The van der Waals surface area contributed by atoms with E-state index >= 15 is 0 Å². The number of hydrogen-bond donors (Lipinski definition) is 1. The number of amides is 1. The van der Waals surface area contributed by atoms with Gasteiger partial charge in [0.15, 0.2) is 0 Å². The zero-order valence-electron chi connectivity index (χ0n) is 11.8. The van der Waals surface area contributed by atoms with Gasteiger partial charge in [-0.15, -0.1) is 0 Å². The summed E-state index contributed by atoms with van der Waals surface area (Å²) < 4.78 is 0. The Morgan fingerprint density at radius 2 is 2.32 bits per heavy atom. The van der Waals surface area contributed by atoms with Gasteiger partial charge < -0.3 is 4.90 Å². The van der Waals surface area contributed by atoms with Crippen LogP contribution in [0.4, 0.5) is 0 Å². The van der Waals surface area contributed by atoms with Gasteiger partial charge in [-0.2, -0.15) is 11.3 Å². The Kier molecular flexibility index (Phi) is 3.18. The van der Waals surface area contributed by atoms with Gasteiger partial charge in [-0.3, -0.25) is 10.1 Å². The molecule has 1 aromatic rings. The van der Waals surface area contributed by atoms with Crippen molar-refractivity contribution in [1.82, 2.24) is 10.2 Å². The van der Waals surface area contributed by atoms with Crippen molar-refractivity contribution in [3.8, 4) is 0 Å². The lowest BCUT2D eigenvalue weighted by Crippen LogP contribution is -2.44. The Hall–Kier alpha value is -0.870. The molecule has 4 heteroatoms. The van der Waals surface area contributed by atoms with Crippen LogP contribution in [-0.2, 0) is 4.79 Å². The van der Waals surface area contributed by atoms with E-state index in [-0.39, 0.29) is 12.1 Å². The van der Waals surface area contributed by atoms with Gasteiger partial charge in [-0.1, -0.05) is 6.92 Å². The first-order valence-corrected chi connectivity index (χ1v) is 8.13. The molecule has 3 nitrogen and oxygen atoms in total. The van der Waals surface area contributed by atoms with Crippen LogP contribution in [0.15, 0.2) is 16.8 Å². The fourth-order valence-electron chi connectivity index (χ4n) is 2.99. The van der Waals surface area contributed by atoms with E-state index < -0.39 is 5.54 Å². The highest BCUT2D eigenvalue weighted by Crippen LogP contribution is 2.42. The molecule has 1 aliphatic heterocycles.